The van der Waals surface area contributed by atoms with E-state index < -0.39 is 5.91 Å². The molecule has 0 spiro atoms. The van der Waals surface area contributed by atoms with E-state index >= 15 is 0 Å². The molecular weight excluding hydrogens is 346 g/mol. The van der Waals surface area contributed by atoms with Crippen LogP contribution in [-0.4, -0.2) is 29.8 Å². The topological polar surface area (TPSA) is 85.4 Å². The molecule has 0 saturated heterocycles. The zero-order valence-corrected chi connectivity index (χ0v) is 15.7. The standard InChI is InChI=1S/C20H21N3O4/c1-5-23-15-8-6-12(2)10-14(15)18(20(23)25)21-22-19(24)13-7-9-16(26-3)17(11-13)27-4/h6-11,25H,5H2,1-4H3. The van der Waals surface area contributed by atoms with Crippen LogP contribution in [0.15, 0.2) is 46.6 Å². The predicted octanol–water partition coefficient (Wildman–Crippen LogP) is 4.62. The molecular formula is C20H21N3O4. The molecule has 1 N–H and O–H groups in total. The number of benzene rings is 2. The van der Waals surface area contributed by atoms with Crippen LogP contribution in [0.5, 0.6) is 17.4 Å². The van der Waals surface area contributed by atoms with Crippen LogP contribution in [0, 0.1) is 6.92 Å². The Kier molecular flexibility index (Phi) is 5.12. The molecule has 0 unspecified atom stereocenters. The van der Waals surface area contributed by atoms with E-state index in [1.54, 1.807) is 22.8 Å². The highest BCUT2D eigenvalue weighted by molar-refractivity contribution is 5.98. The Labute approximate surface area is 156 Å². The minimum absolute atomic E-state index is 0.0121. The Hall–Kier alpha value is -3.35. The molecule has 0 saturated carbocycles. The summed E-state index contributed by atoms with van der Waals surface area (Å²) in [6.07, 6.45) is 0. The Morgan fingerprint density at radius 1 is 1.11 bits per heavy atom. The third kappa shape index (κ3) is 3.36. The summed E-state index contributed by atoms with van der Waals surface area (Å²) in [6.45, 7) is 4.45. The Balaban J connectivity index is 2.00. The molecule has 0 aliphatic rings. The number of azo groups is 1. The van der Waals surface area contributed by atoms with Gasteiger partial charge in [0.1, 0.15) is 0 Å². The van der Waals surface area contributed by atoms with Crippen LogP contribution in [-0.2, 0) is 6.54 Å². The zero-order valence-electron chi connectivity index (χ0n) is 15.7. The van der Waals surface area contributed by atoms with Gasteiger partial charge in [-0.1, -0.05) is 11.6 Å². The van der Waals surface area contributed by atoms with Crippen molar-refractivity contribution in [3.63, 3.8) is 0 Å². The summed E-state index contributed by atoms with van der Waals surface area (Å²) in [7, 11) is 3.01. The van der Waals surface area contributed by atoms with Crippen molar-refractivity contribution < 1.29 is 19.4 Å². The van der Waals surface area contributed by atoms with E-state index in [4.69, 9.17) is 9.47 Å². The fraction of sp³-hybridized carbons (Fsp3) is 0.250. The van der Waals surface area contributed by atoms with Gasteiger partial charge in [-0.25, -0.2) is 0 Å². The lowest BCUT2D eigenvalue weighted by atomic mass is 10.1. The minimum Gasteiger partial charge on any atom is -0.493 e. The number of carbonyl (C=O) groups excluding carboxylic acids is 1. The molecule has 1 aromatic heterocycles. The second kappa shape index (κ2) is 7.49. The molecule has 0 fully saturated rings. The smallest absolute Gasteiger partial charge is 0.295 e. The molecule has 0 atom stereocenters. The van der Waals surface area contributed by atoms with Crippen molar-refractivity contribution in [2.75, 3.05) is 14.2 Å². The highest BCUT2D eigenvalue weighted by Crippen LogP contribution is 2.39. The molecule has 0 aliphatic heterocycles. The maximum atomic E-state index is 12.4. The van der Waals surface area contributed by atoms with Crippen LogP contribution in [0.1, 0.15) is 22.8 Å². The summed E-state index contributed by atoms with van der Waals surface area (Å²) in [4.78, 5) is 12.4. The maximum Gasteiger partial charge on any atom is 0.295 e. The van der Waals surface area contributed by atoms with Gasteiger partial charge in [-0.15, -0.1) is 10.2 Å². The first kappa shape index (κ1) is 18.4. The molecule has 3 rings (SSSR count). The van der Waals surface area contributed by atoms with Crippen molar-refractivity contribution >= 4 is 22.5 Å². The van der Waals surface area contributed by atoms with E-state index in [0.29, 0.717) is 23.6 Å². The van der Waals surface area contributed by atoms with E-state index in [1.165, 1.54) is 14.2 Å². The fourth-order valence-corrected chi connectivity index (χ4v) is 2.98. The number of hydrogen-bond acceptors (Lipinski definition) is 5. The van der Waals surface area contributed by atoms with Gasteiger partial charge in [0.25, 0.3) is 5.91 Å². The quantitative estimate of drug-likeness (QED) is 0.667. The first-order valence-corrected chi connectivity index (χ1v) is 8.50. The third-order valence-corrected chi connectivity index (χ3v) is 4.35. The molecule has 0 aliphatic carbocycles. The van der Waals surface area contributed by atoms with Crippen molar-refractivity contribution in [1.29, 1.82) is 0 Å². The van der Waals surface area contributed by atoms with Crippen LogP contribution >= 0.6 is 0 Å². The average molecular weight is 367 g/mol. The number of aromatic hydroxyl groups is 1. The number of fused-ring (bicyclic) bond motifs is 1. The normalized spacial score (nSPS) is 11.3. The van der Waals surface area contributed by atoms with Crippen molar-refractivity contribution in [1.82, 2.24) is 4.57 Å². The van der Waals surface area contributed by atoms with Crippen LogP contribution in [0.3, 0.4) is 0 Å². The highest BCUT2D eigenvalue weighted by Gasteiger charge is 2.17. The lowest BCUT2D eigenvalue weighted by Crippen LogP contribution is -1.97. The van der Waals surface area contributed by atoms with Gasteiger partial charge in [-0.2, -0.15) is 0 Å². The van der Waals surface area contributed by atoms with Gasteiger partial charge in [0, 0.05) is 17.5 Å². The van der Waals surface area contributed by atoms with Gasteiger partial charge in [0.2, 0.25) is 5.88 Å². The number of methoxy groups -OCH3 is 2. The SMILES string of the molecule is CCn1c(O)c(N=NC(=O)c2ccc(OC)c(OC)c2)c2cc(C)ccc21. The van der Waals surface area contributed by atoms with Gasteiger partial charge in [-0.05, 0) is 44.2 Å². The Morgan fingerprint density at radius 3 is 2.52 bits per heavy atom. The first-order valence-electron chi connectivity index (χ1n) is 8.50. The number of nitrogens with zero attached hydrogens (tertiary/aromatic N) is 3. The Bertz CT molecular complexity index is 1040. The molecule has 0 radical (unpaired) electrons. The van der Waals surface area contributed by atoms with E-state index in [0.717, 1.165) is 16.5 Å². The van der Waals surface area contributed by atoms with Crippen molar-refractivity contribution in [3.05, 3.63) is 47.5 Å². The molecule has 0 bridgehead atoms. The number of carbonyl (C=O) groups is 1. The molecule has 7 heteroatoms. The third-order valence-electron chi connectivity index (χ3n) is 4.35. The van der Waals surface area contributed by atoms with Crippen molar-refractivity contribution in [2.24, 2.45) is 10.2 Å². The van der Waals surface area contributed by atoms with Gasteiger partial charge in [-0.3, -0.25) is 4.79 Å². The number of hydrogen-bond donors (Lipinski definition) is 1. The summed E-state index contributed by atoms with van der Waals surface area (Å²) in [5, 5.41) is 19.1. The van der Waals surface area contributed by atoms with Gasteiger partial charge in [0.15, 0.2) is 17.2 Å². The average Bonchev–Trinajstić information content (AvgIpc) is 2.95. The number of amides is 1. The zero-order chi connectivity index (χ0) is 19.6. The largest absolute Gasteiger partial charge is 0.493 e. The Morgan fingerprint density at radius 2 is 1.85 bits per heavy atom. The second-order valence-electron chi connectivity index (χ2n) is 6.01. The first-order chi connectivity index (χ1) is 13.0. The fourth-order valence-electron chi connectivity index (χ4n) is 2.98. The van der Waals surface area contributed by atoms with Gasteiger partial charge in [0.05, 0.1) is 19.7 Å². The summed E-state index contributed by atoms with van der Waals surface area (Å²) in [6, 6.07) is 10.6. The van der Waals surface area contributed by atoms with Crippen molar-refractivity contribution in [3.8, 4) is 17.4 Å². The number of aryl methyl sites for hydroxylation is 2. The van der Waals surface area contributed by atoms with E-state index in [1.807, 2.05) is 32.0 Å². The van der Waals surface area contributed by atoms with Crippen molar-refractivity contribution in [2.45, 2.75) is 20.4 Å². The lowest BCUT2D eigenvalue weighted by molar-refractivity contribution is 0.0994. The molecule has 27 heavy (non-hydrogen) atoms. The van der Waals surface area contributed by atoms with E-state index in [2.05, 4.69) is 10.2 Å². The maximum absolute atomic E-state index is 12.4. The van der Waals surface area contributed by atoms with E-state index in [9.17, 15) is 9.90 Å². The highest BCUT2D eigenvalue weighted by atomic mass is 16.5. The predicted molar refractivity (Wildman–Crippen MR) is 102 cm³/mol. The van der Waals surface area contributed by atoms with Crippen LogP contribution in [0.25, 0.3) is 10.9 Å². The summed E-state index contributed by atoms with van der Waals surface area (Å²) in [5.74, 6) is 0.395. The van der Waals surface area contributed by atoms with Crippen LogP contribution in [0.4, 0.5) is 5.69 Å². The second-order valence-corrected chi connectivity index (χ2v) is 6.01. The molecule has 2 aromatic carbocycles. The van der Waals surface area contributed by atoms with Gasteiger partial charge >= 0.3 is 0 Å². The summed E-state index contributed by atoms with van der Waals surface area (Å²) in [5.41, 5.74) is 2.46. The lowest BCUT2D eigenvalue weighted by Gasteiger charge is -2.07. The minimum atomic E-state index is -0.541. The molecule has 140 valence electrons. The van der Waals surface area contributed by atoms with Crippen LogP contribution in [0.2, 0.25) is 0 Å². The number of rotatable bonds is 5. The van der Waals surface area contributed by atoms with Crippen LogP contribution < -0.4 is 9.47 Å². The van der Waals surface area contributed by atoms with E-state index in [-0.39, 0.29) is 11.6 Å². The molecule has 7 nitrogen and oxygen atoms in total. The summed E-state index contributed by atoms with van der Waals surface area (Å²) >= 11 is 0. The molecule has 1 heterocycles. The number of aromatic nitrogens is 1. The molecule has 1 amide bonds. The molecule has 3 aromatic rings. The monoisotopic (exact) mass is 367 g/mol. The summed E-state index contributed by atoms with van der Waals surface area (Å²) < 4.78 is 12.1. The van der Waals surface area contributed by atoms with Gasteiger partial charge < -0.3 is 19.1 Å². The number of ether oxygens (including phenoxy) is 2.